The van der Waals surface area contributed by atoms with Gasteiger partial charge in [-0.25, -0.2) is 14.2 Å². The lowest BCUT2D eigenvalue weighted by Crippen LogP contribution is -2.39. The summed E-state index contributed by atoms with van der Waals surface area (Å²) in [5.74, 6) is -0.998. The Morgan fingerprint density at radius 1 is 1.39 bits per heavy atom. The van der Waals surface area contributed by atoms with Gasteiger partial charge in [0.1, 0.15) is 12.4 Å². The lowest BCUT2D eigenvalue weighted by Gasteiger charge is -2.36. The molecule has 2 aliphatic rings. The van der Waals surface area contributed by atoms with E-state index in [1.165, 1.54) is 30.0 Å². The van der Waals surface area contributed by atoms with E-state index in [9.17, 15) is 14.0 Å². The van der Waals surface area contributed by atoms with Crippen molar-refractivity contribution in [2.24, 2.45) is 4.99 Å². The average Bonchev–Trinajstić information content (AvgIpc) is 3.13. The third-order valence-corrected chi connectivity index (χ3v) is 5.99. The Morgan fingerprint density at radius 3 is 2.74 bits per heavy atom. The summed E-state index contributed by atoms with van der Waals surface area (Å²) in [6.45, 7) is 9.35. The second-order valence-corrected chi connectivity index (χ2v) is 8.22. The van der Waals surface area contributed by atoms with Gasteiger partial charge in [0.2, 0.25) is 5.91 Å². The summed E-state index contributed by atoms with van der Waals surface area (Å²) in [5, 5.41) is 5.50. The Bertz CT molecular complexity index is 969. The predicted molar refractivity (Wildman–Crippen MR) is 120 cm³/mol. The number of thioether (sulfide) groups is 1. The number of halogens is 1. The van der Waals surface area contributed by atoms with Crippen LogP contribution in [0.1, 0.15) is 45.2 Å². The van der Waals surface area contributed by atoms with Gasteiger partial charge in [0.25, 0.3) is 0 Å². The minimum Gasteiger partial charge on any atom is -0.458 e. The molecule has 0 saturated carbocycles. The van der Waals surface area contributed by atoms with Crippen LogP contribution in [0.25, 0.3) is 0 Å². The lowest BCUT2D eigenvalue weighted by molar-refractivity contribution is -0.138. The molecule has 164 valence electrons. The first-order chi connectivity index (χ1) is 14.8. The van der Waals surface area contributed by atoms with E-state index in [0.29, 0.717) is 22.0 Å². The van der Waals surface area contributed by atoms with Crippen molar-refractivity contribution in [2.45, 2.75) is 45.7 Å². The number of hydrogen-bond acceptors (Lipinski definition) is 6. The molecule has 1 amide bonds. The molecule has 1 N–H and O–H groups in total. The summed E-state index contributed by atoms with van der Waals surface area (Å²) in [7, 11) is 0. The number of esters is 1. The van der Waals surface area contributed by atoms with Crippen molar-refractivity contribution in [3.8, 4) is 0 Å². The van der Waals surface area contributed by atoms with Gasteiger partial charge in [-0.15, -0.1) is 0 Å². The number of aliphatic imine (C=N–C) groups is 1. The molecule has 1 aromatic rings. The summed E-state index contributed by atoms with van der Waals surface area (Å²) in [6.07, 6.45) is 2.46. The molecular formula is C23H26FN3O3S. The maximum atomic E-state index is 13.6. The van der Waals surface area contributed by atoms with Crippen LogP contribution in [0.3, 0.4) is 0 Å². The highest BCUT2D eigenvalue weighted by Gasteiger charge is 2.41. The number of carbonyl (C=O) groups excluding carboxylic acids is 2. The highest BCUT2D eigenvalue weighted by atomic mass is 32.2. The Morgan fingerprint density at radius 2 is 2.10 bits per heavy atom. The molecule has 0 aromatic heterocycles. The molecule has 6 nitrogen and oxygen atoms in total. The van der Waals surface area contributed by atoms with Crippen molar-refractivity contribution >= 4 is 28.8 Å². The van der Waals surface area contributed by atoms with Gasteiger partial charge in [-0.3, -0.25) is 4.79 Å². The van der Waals surface area contributed by atoms with Crippen LogP contribution in [0.4, 0.5) is 4.39 Å². The first kappa shape index (κ1) is 22.8. The highest BCUT2D eigenvalue weighted by molar-refractivity contribution is 8.16. The van der Waals surface area contributed by atoms with Gasteiger partial charge in [0, 0.05) is 11.7 Å². The number of carbonyl (C=O) groups is 2. The van der Waals surface area contributed by atoms with Crippen molar-refractivity contribution in [3.63, 3.8) is 0 Å². The van der Waals surface area contributed by atoms with Crippen molar-refractivity contribution in [2.75, 3.05) is 6.61 Å². The van der Waals surface area contributed by atoms with Gasteiger partial charge >= 0.3 is 5.97 Å². The van der Waals surface area contributed by atoms with E-state index in [1.807, 2.05) is 24.2 Å². The summed E-state index contributed by atoms with van der Waals surface area (Å²) in [4.78, 5) is 31.9. The topological polar surface area (TPSA) is 71.0 Å². The second kappa shape index (κ2) is 9.96. The van der Waals surface area contributed by atoms with Crippen molar-refractivity contribution in [1.29, 1.82) is 0 Å². The Labute approximate surface area is 185 Å². The smallest absolute Gasteiger partial charge is 0.338 e. The van der Waals surface area contributed by atoms with Crippen molar-refractivity contribution in [3.05, 3.63) is 70.7 Å². The Kier molecular flexibility index (Phi) is 7.33. The molecule has 2 heterocycles. The number of fused-ring (bicyclic) bond motifs is 1. The van der Waals surface area contributed by atoms with Crippen molar-refractivity contribution < 1.29 is 18.7 Å². The first-order valence-corrected chi connectivity index (χ1v) is 11.0. The minimum atomic E-state index is -0.580. The van der Waals surface area contributed by atoms with Crippen LogP contribution in [0.2, 0.25) is 0 Å². The Balaban J connectivity index is 1.98. The normalized spacial score (nSPS) is 18.7. The number of amides is 1. The Hall–Kier alpha value is -2.87. The van der Waals surface area contributed by atoms with Gasteiger partial charge in [0.15, 0.2) is 5.17 Å². The van der Waals surface area contributed by atoms with Gasteiger partial charge in [-0.05, 0) is 43.4 Å². The molecule has 0 aliphatic carbocycles. The summed E-state index contributed by atoms with van der Waals surface area (Å²) < 4.78 is 18.9. The van der Waals surface area contributed by atoms with Crippen LogP contribution in [0.15, 0.2) is 64.3 Å². The lowest BCUT2D eigenvalue weighted by atomic mass is 9.94. The van der Waals surface area contributed by atoms with Gasteiger partial charge in [0.05, 0.1) is 23.7 Å². The average molecular weight is 444 g/mol. The van der Waals surface area contributed by atoms with Crippen LogP contribution in [0, 0.1) is 5.82 Å². The molecule has 8 heteroatoms. The second-order valence-electron chi connectivity index (χ2n) is 7.39. The molecule has 2 atom stereocenters. The third-order valence-electron chi connectivity index (χ3n) is 5.10. The molecule has 3 rings (SSSR count). The number of benzene rings is 1. The summed E-state index contributed by atoms with van der Waals surface area (Å²) >= 11 is 1.40. The number of rotatable bonds is 8. The van der Waals surface area contributed by atoms with E-state index < -0.39 is 12.0 Å². The number of amidine groups is 1. The highest BCUT2D eigenvalue weighted by Crippen LogP contribution is 2.44. The van der Waals surface area contributed by atoms with E-state index in [4.69, 9.17) is 4.74 Å². The quantitative estimate of drug-likeness (QED) is 0.475. The van der Waals surface area contributed by atoms with Gasteiger partial charge in [-0.1, -0.05) is 43.5 Å². The number of hydrogen-bond donors (Lipinski definition) is 1. The molecule has 0 unspecified atom stereocenters. The number of nitrogens with zero attached hydrogens (tertiary/aromatic N) is 2. The molecule has 0 fully saturated rings. The molecule has 0 saturated heterocycles. The first-order valence-electron chi connectivity index (χ1n) is 10.1. The summed E-state index contributed by atoms with van der Waals surface area (Å²) in [6, 6.07) is 5.46. The largest absolute Gasteiger partial charge is 0.458 e. The fourth-order valence-corrected chi connectivity index (χ4v) is 4.36. The fourth-order valence-electron chi connectivity index (χ4n) is 3.40. The number of ether oxygens (including phenoxy) is 1. The van der Waals surface area contributed by atoms with Crippen LogP contribution >= 0.6 is 11.8 Å². The monoisotopic (exact) mass is 443 g/mol. The number of nitrogens with one attached hydrogen (secondary N) is 1. The zero-order valence-electron chi connectivity index (χ0n) is 17.9. The van der Waals surface area contributed by atoms with Crippen LogP contribution in [-0.4, -0.2) is 34.6 Å². The van der Waals surface area contributed by atoms with Crippen LogP contribution < -0.4 is 5.32 Å². The fraction of sp³-hybridized carbons (Fsp3) is 0.348. The SMILES string of the molecule is C=CCOC(=O)C1=C(C)N=C2SC=C(CC(=O)N[C@@H](C)CC)N2[C@H]1c1ccc(F)cc1. The third kappa shape index (κ3) is 5.07. The molecule has 1 aromatic carbocycles. The van der Waals surface area contributed by atoms with Crippen LogP contribution in [0.5, 0.6) is 0 Å². The van der Waals surface area contributed by atoms with E-state index in [2.05, 4.69) is 16.9 Å². The van der Waals surface area contributed by atoms with E-state index in [1.54, 1.807) is 19.1 Å². The van der Waals surface area contributed by atoms with Crippen molar-refractivity contribution in [1.82, 2.24) is 10.2 Å². The zero-order valence-corrected chi connectivity index (χ0v) is 18.7. The van der Waals surface area contributed by atoms with Crippen LogP contribution in [-0.2, 0) is 14.3 Å². The maximum Gasteiger partial charge on any atom is 0.338 e. The van der Waals surface area contributed by atoms with Gasteiger partial charge < -0.3 is 15.0 Å². The van der Waals surface area contributed by atoms with E-state index >= 15 is 0 Å². The molecule has 0 spiro atoms. The number of allylic oxidation sites excluding steroid dienone is 1. The minimum absolute atomic E-state index is 0.0659. The standard InChI is InChI=1S/C23H26FN3O3S/c1-5-11-30-22(29)20-15(4)26-23-27(21(20)16-7-9-17(24)10-8-16)18(13-31-23)12-19(28)25-14(3)6-2/h5,7-10,13-14,21H,1,6,11-12H2,2-4H3,(H,25,28)/t14-,21-/m0/s1. The van der Waals surface area contributed by atoms with E-state index in [-0.39, 0.29) is 30.8 Å². The molecule has 2 aliphatic heterocycles. The zero-order chi connectivity index (χ0) is 22.5. The molecule has 0 radical (unpaired) electrons. The molecule has 0 bridgehead atoms. The van der Waals surface area contributed by atoms with Gasteiger partial charge in [-0.2, -0.15) is 0 Å². The molecular weight excluding hydrogens is 417 g/mol. The maximum absolute atomic E-state index is 13.6. The molecule has 31 heavy (non-hydrogen) atoms. The van der Waals surface area contributed by atoms with E-state index in [0.717, 1.165) is 12.1 Å². The summed E-state index contributed by atoms with van der Waals surface area (Å²) in [5.41, 5.74) is 2.31. The predicted octanol–water partition coefficient (Wildman–Crippen LogP) is 4.43.